The van der Waals surface area contributed by atoms with Gasteiger partial charge in [0.1, 0.15) is 5.60 Å². The summed E-state index contributed by atoms with van der Waals surface area (Å²) in [6.45, 7) is 8.49. The molecule has 4 heteroatoms. The predicted octanol–water partition coefficient (Wildman–Crippen LogP) is 1.30. The highest BCUT2D eigenvalue weighted by atomic mass is 16.6. The Morgan fingerprint density at radius 3 is 2.53 bits per heavy atom. The molecule has 2 atom stereocenters. The molecule has 1 aliphatic rings. The van der Waals surface area contributed by atoms with Gasteiger partial charge in [-0.25, -0.2) is 5.01 Å². The molecule has 0 aromatic heterocycles. The maximum atomic E-state index is 11.8. The van der Waals surface area contributed by atoms with Crippen molar-refractivity contribution < 1.29 is 9.53 Å². The molecule has 0 bridgehead atoms. The van der Waals surface area contributed by atoms with Crippen LogP contribution < -0.4 is 5.84 Å². The van der Waals surface area contributed by atoms with Gasteiger partial charge in [0.05, 0.1) is 5.92 Å². The van der Waals surface area contributed by atoms with E-state index in [2.05, 4.69) is 0 Å². The van der Waals surface area contributed by atoms with Crippen molar-refractivity contribution in [3.8, 4) is 0 Å². The Balaban J connectivity index is 2.48. The van der Waals surface area contributed by atoms with Crippen LogP contribution in [-0.4, -0.2) is 29.2 Å². The zero-order chi connectivity index (χ0) is 11.6. The first-order chi connectivity index (χ1) is 6.79. The van der Waals surface area contributed by atoms with Crippen LogP contribution in [-0.2, 0) is 9.53 Å². The summed E-state index contributed by atoms with van der Waals surface area (Å²) >= 11 is 0. The van der Waals surface area contributed by atoms with Crippen LogP contribution in [0.15, 0.2) is 0 Å². The van der Waals surface area contributed by atoms with Crippen molar-refractivity contribution in [3.05, 3.63) is 0 Å². The van der Waals surface area contributed by atoms with Crippen LogP contribution in [0.1, 0.15) is 40.5 Å². The number of nitrogens with zero attached hydrogens (tertiary/aromatic N) is 1. The van der Waals surface area contributed by atoms with E-state index in [1.807, 2.05) is 27.7 Å². The number of ether oxygens (including phenoxy) is 1. The van der Waals surface area contributed by atoms with Crippen molar-refractivity contribution in [1.29, 1.82) is 0 Å². The lowest BCUT2D eigenvalue weighted by Crippen LogP contribution is -2.47. The monoisotopic (exact) mass is 214 g/mol. The molecule has 1 saturated heterocycles. The maximum absolute atomic E-state index is 11.8. The molecule has 1 fully saturated rings. The summed E-state index contributed by atoms with van der Waals surface area (Å²) in [5, 5.41) is 1.79. The van der Waals surface area contributed by atoms with E-state index < -0.39 is 0 Å². The van der Waals surface area contributed by atoms with Gasteiger partial charge in [-0.2, -0.15) is 0 Å². The Bertz CT molecular complexity index is 235. The molecule has 0 spiro atoms. The average molecular weight is 214 g/mol. The fourth-order valence-corrected chi connectivity index (χ4v) is 1.79. The highest BCUT2D eigenvalue weighted by Gasteiger charge is 2.31. The highest BCUT2D eigenvalue weighted by Crippen LogP contribution is 2.23. The van der Waals surface area contributed by atoms with E-state index >= 15 is 0 Å². The van der Waals surface area contributed by atoms with Gasteiger partial charge < -0.3 is 4.74 Å². The molecule has 0 aromatic carbocycles. The third-order valence-corrected chi connectivity index (χ3v) is 2.67. The second kappa shape index (κ2) is 4.49. The number of carbonyl (C=O) groups excluding carboxylic acids is 1. The van der Waals surface area contributed by atoms with Crippen LogP contribution in [0.4, 0.5) is 0 Å². The minimum atomic E-state index is -0.389. The molecule has 4 nitrogen and oxygen atoms in total. The van der Waals surface area contributed by atoms with Gasteiger partial charge >= 0.3 is 5.97 Å². The Hall–Kier alpha value is -0.610. The van der Waals surface area contributed by atoms with Crippen LogP contribution in [0.25, 0.3) is 0 Å². The number of hydrogen-bond donors (Lipinski definition) is 1. The fraction of sp³-hybridized carbons (Fsp3) is 0.909. The second-order valence-corrected chi connectivity index (χ2v) is 5.34. The number of piperidine rings is 1. The van der Waals surface area contributed by atoms with Crippen molar-refractivity contribution >= 4 is 5.97 Å². The molecule has 2 unspecified atom stereocenters. The fourth-order valence-electron chi connectivity index (χ4n) is 1.79. The highest BCUT2D eigenvalue weighted by molar-refractivity contribution is 5.73. The minimum Gasteiger partial charge on any atom is -0.460 e. The van der Waals surface area contributed by atoms with Gasteiger partial charge in [0.2, 0.25) is 0 Å². The number of rotatable bonds is 1. The molecule has 1 aliphatic heterocycles. The van der Waals surface area contributed by atoms with Gasteiger partial charge in [-0.15, -0.1) is 0 Å². The van der Waals surface area contributed by atoms with Crippen LogP contribution in [0.3, 0.4) is 0 Å². The molecule has 0 radical (unpaired) electrons. The van der Waals surface area contributed by atoms with E-state index in [-0.39, 0.29) is 23.5 Å². The predicted molar refractivity (Wildman–Crippen MR) is 58.9 cm³/mol. The van der Waals surface area contributed by atoms with E-state index in [9.17, 15) is 4.79 Å². The lowest BCUT2D eigenvalue weighted by Gasteiger charge is -2.34. The zero-order valence-electron chi connectivity index (χ0n) is 10.1. The first-order valence-electron chi connectivity index (χ1n) is 5.54. The summed E-state index contributed by atoms with van der Waals surface area (Å²) in [4.78, 5) is 11.8. The van der Waals surface area contributed by atoms with Crippen LogP contribution in [0.2, 0.25) is 0 Å². The third-order valence-electron chi connectivity index (χ3n) is 2.67. The van der Waals surface area contributed by atoms with Crippen molar-refractivity contribution in [3.63, 3.8) is 0 Å². The van der Waals surface area contributed by atoms with Gasteiger partial charge in [0.25, 0.3) is 0 Å². The van der Waals surface area contributed by atoms with Gasteiger partial charge in [0, 0.05) is 12.6 Å². The number of hydrazine groups is 1. The van der Waals surface area contributed by atoms with E-state index in [0.29, 0.717) is 0 Å². The quantitative estimate of drug-likeness (QED) is 0.528. The molecule has 2 N–H and O–H groups in total. The Morgan fingerprint density at radius 2 is 2.07 bits per heavy atom. The Morgan fingerprint density at radius 1 is 1.47 bits per heavy atom. The van der Waals surface area contributed by atoms with Crippen molar-refractivity contribution in [2.75, 3.05) is 6.54 Å². The average Bonchev–Trinajstić information content (AvgIpc) is 2.06. The summed E-state index contributed by atoms with van der Waals surface area (Å²) in [6.07, 6.45) is 1.60. The van der Waals surface area contributed by atoms with E-state index in [1.165, 1.54) is 0 Å². The van der Waals surface area contributed by atoms with E-state index in [4.69, 9.17) is 10.6 Å². The summed E-state index contributed by atoms with van der Waals surface area (Å²) in [5.41, 5.74) is -0.389. The molecule has 15 heavy (non-hydrogen) atoms. The Labute approximate surface area is 91.7 Å². The minimum absolute atomic E-state index is 0.0130. The first kappa shape index (κ1) is 12.5. The number of carbonyl (C=O) groups is 1. The molecular weight excluding hydrogens is 192 g/mol. The number of hydrogen-bond acceptors (Lipinski definition) is 4. The largest absolute Gasteiger partial charge is 0.460 e. The third kappa shape index (κ3) is 3.80. The molecule has 1 heterocycles. The normalized spacial score (nSPS) is 28.9. The van der Waals surface area contributed by atoms with Crippen molar-refractivity contribution in [2.45, 2.75) is 52.2 Å². The SMILES string of the molecule is CC1CC(C(=O)OC(C)(C)C)CCN1N. The molecule has 0 aliphatic carbocycles. The van der Waals surface area contributed by atoms with Gasteiger partial charge in [-0.05, 0) is 40.5 Å². The number of nitrogens with two attached hydrogens (primary N) is 1. The van der Waals surface area contributed by atoms with E-state index in [1.54, 1.807) is 5.01 Å². The summed E-state index contributed by atoms with van der Waals surface area (Å²) in [6, 6.07) is 0.260. The van der Waals surface area contributed by atoms with Crippen molar-refractivity contribution in [1.82, 2.24) is 5.01 Å². The summed E-state index contributed by atoms with van der Waals surface area (Å²) < 4.78 is 5.36. The smallest absolute Gasteiger partial charge is 0.309 e. The topological polar surface area (TPSA) is 55.6 Å². The molecular formula is C11H22N2O2. The van der Waals surface area contributed by atoms with Crippen LogP contribution in [0, 0.1) is 5.92 Å². The lowest BCUT2D eigenvalue weighted by atomic mass is 9.92. The standard InChI is InChI=1S/C11H22N2O2/c1-8-7-9(5-6-13(8)12)10(14)15-11(2,3)4/h8-9H,5-7,12H2,1-4H3. The van der Waals surface area contributed by atoms with Crippen molar-refractivity contribution in [2.24, 2.45) is 11.8 Å². The molecule has 0 aromatic rings. The second-order valence-electron chi connectivity index (χ2n) is 5.34. The van der Waals surface area contributed by atoms with Crippen LogP contribution >= 0.6 is 0 Å². The lowest BCUT2D eigenvalue weighted by molar-refractivity contribution is -0.162. The first-order valence-corrected chi connectivity index (χ1v) is 5.54. The Kier molecular flexibility index (Phi) is 3.73. The molecule has 0 amide bonds. The molecule has 0 saturated carbocycles. The zero-order valence-corrected chi connectivity index (χ0v) is 10.1. The van der Waals surface area contributed by atoms with Gasteiger partial charge in [-0.3, -0.25) is 10.6 Å². The summed E-state index contributed by atoms with van der Waals surface area (Å²) in [7, 11) is 0. The molecule has 1 rings (SSSR count). The van der Waals surface area contributed by atoms with E-state index in [0.717, 1.165) is 19.4 Å². The number of esters is 1. The van der Waals surface area contributed by atoms with Gasteiger partial charge in [-0.1, -0.05) is 0 Å². The van der Waals surface area contributed by atoms with Crippen LogP contribution in [0.5, 0.6) is 0 Å². The summed E-state index contributed by atoms with van der Waals surface area (Å²) in [5.74, 6) is 5.68. The molecule has 88 valence electrons. The maximum Gasteiger partial charge on any atom is 0.309 e. The van der Waals surface area contributed by atoms with Gasteiger partial charge in [0.15, 0.2) is 0 Å².